The first-order valence-corrected chi connectivity index (χ1v) is 9.34. The van der Waals surface area contributed by atoms with Crippen LogP contribution < -0.4 is 5.32 Å². The van der Waals surface area contributed by atoms with Crippen LogP contribution in [0.2, 0.25) is 0 Å². The highest BCUT2D eigenvalue weighted by atomic mass is 14.9. The van der Waals surface area contributed by atoms with Crippen LogP contribution in [-0.4, -0.2) is 13.1 Å². The van der Waals surface area contributed by atoms with Gasteiger partial charge in [-0.1, -0.05) is 46.5 Å². The van der Waals surface area contributed by atoms with E-state index in [0.29, 0.717) is 0 Å². The van der Waals surface area contributed by atoms with Crippen molar-refractivity contribution in [2.75, 3.05) is 7.05 Å². The summed E-state index contributed by atoms with van der Waals surface area (Å²) >= 11 is 0. The van der Waals surface area contributed by atoms with Crippen LogP contribution in [0, 0.1) is 29.6 Å². The normalized spacial score (nSPS) is 37.0. The first kappa shape index (κ1) is 16.3. The summed E-state index contributed by atoms with van der Waals surface area (Å²) in [5.41, 5.74) is 0. The van der Waals surface area contributed by atoms with Crippen molar-refractivity contribution in [2.24, 2.45) is 29.6 Å². The molecular formula is C19H37N. The Morgan fingerprint density at radius 2 is 1.50 bits per heavy atom. The van der Waals surface area contributed by atoms with Gasteiger partial charge in [-0.25, -0.2) is 0 Å². The molecule has 0 aromatic carbocycles. The standard InChI is InChI=1S/C19H37N/c1-5-15-8-6-7-9-18(15)19(20-4)17-12-10-16(11-13-17)14(2)3/h14-20H,5-13H2,1-4H3. The molecule has 2 saturated carbocycles. The number of hydrogen-bond donors (Lipinski definition) is 1. The molecule has 1 heteroatoms. The van der Waals surface area contributed by atoms with E-state index in [1.165, 1.54) is 57.8 Å². The third-order valence-corrected chi connectivity index (χ3v) is 6.55. The van der Waals surface area contributed by atoms with Gasteiger partial charge in [0.1, 0.15) is 0 Å². The van der Waals surface area contributed by atoms with Crippen molar-refractivity contribution in [3.05, 3.63) is 0 Å². The minimum absolute atomic E-state index is 0.799. The maximum absolute atomic E-state index is 3.75. The Bertz CT molecular complexity index is 265. The summed E-state index contributed by atoms with van der Waals surface area (Å²) in [6.07, 6.45) is 13.2. The van der Waals surface area contributed by atoms with Gasteiger partial charge in [0.2, 0.25) is 0 Å². The van der Waals surface area contributed by atoms with Gasteiger partial charge >= 0.3 is 0 Å². The molecule has 0 bridgehead atoms. The van der Waals surface area contributed by atoms with Crippen molar-refractivity contribution in [1.29, 1.82) is 0 Å². The molecule has 1 N–H and O–H groups in total. The summed E-state index contributed by atoms with van der Waals surface area (Å²) < 4.78 is 0. The van der Waals surface area contributed by atoms with E-state index >= 15 is 0 Å². The first-order valence-electron chi connectivity index (χ1n) is 9.34. The van der Waals surface area contributed by atoms with Crippen molar-refractivity contribution in [3.8, 4) is 0 Å². The Labute approximate surface area is 127 Å². The molecule has 1 nitrogen and oxygen atoms in total. The molecule has 0 aromatic rings. The molecule has 0 aromatic heterocycles. The third-order valence-electron chi connectivity index (χ3n) is 6.55. The predicted molar refractivity (Wildman–Crippen MR) is 88.9 cm³/mol. The minimum atomic E-state index is 0.799. The molecule has 0 radical (unpaired) electrons. The molecule has 0 spiro atoms. The fraction of sp³-hybridized carbons (Fsp3) is 1.00. The van der Waals surface area contributed by atoms with Crippen molar-refractivity contribution in [1.82, 2.24) is 5.32 Å². The van der Waals surface area contributed by atoms with E-state index in [-0.39, 0.29) is 0 Å². The SMILES string of the molecule is CCC1CCCCC1C(NC)C1CCC(C(C)C)CC1. The van der Waals surface area contributed by atoms with Gasteiger partial charge in [0.15, 0.2) is 0 Å². The molecule has 2 rings (SSSR count). The van der Waals surface area contributed by atoms with Gasteiger partial charge in [-0.15, -0.1) is 0 Å². The smallest absolute Gasteiger partial charge is 0.0123 e. The zero-order chi connectivity index (χ0) is 14.5. The number of hydrogen-bond acceptors (Lipinski definition) is 1. The molecule has 20 heavy (non-hydrogen) atoms. The number of rotatable bonds is 5. The largest absolute Gasteiger partial charge is 0.316 e. The van der Waals surface area contributed by atoms with Gasteiger partial charge in [0.05, 0.1) is 0 Å². The summed E-state index contributed by atoms with van der Waals surface area (Å²) in [5.74, 6) is 4.79. The maximum atomic E-state index is 3.75. The quantitative estimate of drug-likeness (QED) is 0.724. The fourth-order valence-corrected chi connectivity index (χ4v) is 5.19. The Morgan fingerprint density at radius 1 is 0.900 bits per heavy atom. The molecule has 2 aliphatic rings. The topological polar surface area (TPSA) is 12.0 Å². The lowest BCUT2D eigenvalue weighted by atomic mass is 9.66. The monoisotopic (exact) mass is 279 g/mol. The van der Waals surface area contributed by atoms with Gasteiger partial charge in [-0.3, -0.25) is 0 Å². The molecule has 118 valence electrons. The Hall–Kier alpha value is -0.0400. The van der Waals surface area contributed by atoms with E-state index in [1.807, 2.05) is 0 Å². The summed E-state index contributed by atoms with van der Waals surface area (Å²) in [7, 11) is 2.22. The fourth-order valence-electron chi connectivity index (χ4n) is 5.19. The first-order chi connectivity index (χ1) is 9.67. The highest BCUT2D eigenvalue weighted by Gasteiger charge is 2.36. The van der Waals surface area contributed by atoms with Crippen molar-refractivity contribution in [2.45, 2.75) is 84.6 Å². The lowest BCUT2D eigenvalue weighted by molar-refractivity contribution is 0.105. The molecule has 2 fully saturated rings. The second kappa shape index (κ2) is 7.82. The lowest BCUT2D eigenvalue weighted by Gasteiger charge is -2.43. The van der Waals surface area contributed by atoms with Crippen molar-refractivity contribution >= 4 is 0 Å². The van der Waals surface area contributed by atoms with Crippen LogP contribution in [-0.2, 0) is 0 Å². The minimum Gasteiger partial charge on any atom is -0.316 e. The Morgan fingerprint density at radius 3 is 2.05 bits per heavy atom. The van der Waals surface area contributed by atoms with Gasteiger partial charge in [0.25, 0.3) is 0 Å². The number of nitrogens with one attached hydrogen (secondary N) is 1. The van der Waals surface area contributed by atoms with E-state index in [2.05, 4.69) is 33.1 Å². The Kier molecular flexibility index (Phi) is 6.39. The summed E-state index contributed by atoms with van der Waals surface area (Å²) in [4.78, 5) is 0. The van der Waals surface area contributed by atoms with Crippen molar-refractivity contribution in [3.63, 3.8) is 0 Å². The maximum Gasteiger partial charge on any atom is 0.0123 e. The van der Waals surface area contributed by atoms with Gasteiger partial charge in [-0.2, -0.15) is 0 Å². The molecule has 3 atom stereocenters. The molecule has 2 aliphatic carbocycles. The third kappa shape index (κ3) is 3.78. The van der Waals surface area contributed by atoms with Crippen LogP contribution in [0.3, 0.4) is 0 Å². The summed E-state index contributed by atoms with van der Waals surface area (Å²) in [5, 5.41) is 3.75. The Balaban J connectivity index is 1.94. The van der Waals surface area contributed by atoms with E-state index in [0.717, 1.165) is 35.6 Å². The molecule has 0 saturated heterocycles. The average Bonchev–Trinajstić information content (AvgIpc) is 2.49. The highest BCUT2D eigenvalue weighted by molar-refractivity contribution is 4.90. The predicted octanol–water partition coefficient (Wildman–Crippen LogP) is 5.25. The molecule has 3 unspecified atom stereocenters. The second-order valence-electron chi connectivity index (χ2n) is 7.85. The van der Waals surface area contributed by atoms with E-state index < -0.39 is 0 Å². The van der Waals surface area contributed by atoms with Crippen LogP contribution in [0.5, 0.6) is 0 Å². The van der Waals surface area contributed by atoms with Crippen LogP contribution in [0.15, 0.2) is 0 Å². The zero-order valence-electron chi connectivity index (χ0n) is 14.3. The van der Waals surface area contributed by atoms with Gasteiger partial charge in [-0.05, 0) is 68.7 Å². The van der Waals surface area contributed by atoms with Gasteiger partial charge in [0, 0.05) is 6.04 Å². The molecule has 0 aliphatic heterocycles. The van der Waals surface area contributed by atoms with Crippen LogP contribution in [0.25, 0.3) is 0 Å². The summed E-state index contributed by atoms with van der Waals surface area (Å²) in [6.45, 7) is 7.23. The van der Waals surface area contributed by atoms with Crippen LogP contribution >= 0.6 is 0 Å². The lowest BCUT2D eigenvalue weighted by Crippen LogP contribution is -2.45. The van der Waals surface area contributed by atoms with E-state index in [4.69, 9.17) is 0 Å². The van der Waals surface area contributed by atoms with E-state index in [1.54, 1.807) is 0 Å². The molecule has 0 amide bonds. The summed E-state index contributed by atoms with van der Waals surface area (Å²) in [6, 6.07) is 0.799. The second-order valence-corrected chi connectivity index (χ2v) is 7.85. The zero-order valence-corrected chi connectivity index (χ0v) is 14.3. The van der Waals surface area contributed by atoms with Crippen molar-refractivity contribution < 1.29 is 0 Å². The average molecular weight is 280 g/mol. The highest BCUT2D eigenvalue weighted by Crippen LogP contribution is 2.41. The molecule has 0 heterocycles. The van der Waals surface area contributed by atoms with Crippen LogP contribution in [0.4, 0.5) is 0 Å². The van der Waals surface area contributed by atoms with Crippen LogP contribution in [0.1, 0.15) is 78.6 Å². The van der Waals surface area contributed by atoms with Gasteiger partial charge < -0.3 is 5.32 Å². The molecular weight excluding hydrogens is 242 g/mol. The van der Waals surface area contributed by atoms with E-state index in [9.17, 15) is 0 Å².